The van der Waals surface area contributed by atoms with E-state index in [-0.39, 0.29) is 0 Å². The van der Waals surface area contributed by atoms with E-state index in [9.17, 15) is 0 Å². The number of rotatable bonds is 3. The van der Waals surface area contributed by atoms with Gasteiger partial charge in [0.15, 0.2) is 5.58 Å². The van der Waals surface area contributed by atoms with E-state index in [1.165, 1.54) is 21.8 Å². The molecule has 5 heterocycles. The molecule has 0 aliphatic carbocycles. The van der Waals surface area contributed by atoms with E-state index < -0.39 is 0 Å². The SMILES string of the molecule is c1ccc2oc(-c3nc4c5cccnc5c5ncccc5c4n3-c3ccc(-n4c5ccccc5c5ccccc54)cc3)nc2c1. The fourth-order valence-corrected chi connectivity index (χ4v) is 6.74. The van der Waals surface area contributed by atoms with Crippen LogP contribution in [0.1, 0.15) is 0 Å². The minimum absolute atomic E-state index is 0.452. The molecule has 0 bridgehead atoms. The van der Waals surface area contributed by atoms with Crippen LogP contribution in [-0.4, -0.2) is 29.1 Å². The van der Waals surface area contributed by atoms with Gasteiger partial charge in [-0.2, -0.15) is 0 Å². The van der Waals surface area contributed by atoms with Crippen LogP contribution in [0.15, 0.2) is 138 Å². The molecule has 0 amide bonds. The van der Waals surface area contributed by atoms with Gasteiger partial charge in [0.25, 0.3) is 5.89 Å². The molecule has 0 radical (unpaired) electrons. The van der Waals surface area contributed by atoms with E-state index in [0.29, 0.717) is 17.3 Å². The second-order valence-electron chi connectivity index (χ2n) is 11.1. The van der Waals surface area contributed by atoms with Crippen molar-refractivity contribution in [3.63, 3.8) is 0 Å². The second kappa shape index (κ2) is 9.08. The highest BCUT2D eigenvalue weighted by atomic mass is 16.3. The van der Waals surface area contributed by atoms with Crippen molar-refractivity contribution in [2.45, 2.75) is 0 Å². The first kappa shape index (κ1) is 24.1. The average molecular weight is 579 g/mol. The van der Waals surface area contributed by atoms with Gasteiger partial charge in [-0.3, -0.25) is 14.5 Å². The van der Waals surface area contributed by atoms with Gasteiger partial charge >= 0.3 is 0 Å². The lowest BCUT2D eigenvalue weighted by molar-refractivity contribution is 0.612. The van der Waals surface area contributed by atoms with Gasteiger partial charge in [-0.25, -0.2) is 9.97 Å². The highest BCUT2D eigenvalue weighted by molar-refractivity contribution is 6.21. The molecule has 0 fully saturated rings. The van der Waals surface area contributed by atoms with Crippen LogP contribution in [0, 0.1) is 0 Å². The molecule has 5 aromatic carbocycles. The molecule has 7 nitrogen and oxygen atoms in total. The number of fused-ring (bicyclic) bond motifs is 10. The number of para-hydroxylation sites is 4. The van der Waals surface area contributed by atoms with Gasteiger partial charge in [-0.15, -0.1) is 0 Å². The summed E-state index contributed by atoms with van der Waals surface area (Å²) in [6.45, 7) is 0. The Kier molecular flexibility index (Phi) is 4.87. The number of nitrogens with zero attached hydrogens (tertiary/aromatic N) is 6. The third-order valence-corrected chi connectivity index (χ3v) is 8.66. The maximum absolute atomic E-state index is 6.32. The third kappa shape index (κ3) is 3.40. The molecule has 45 heavy (non-hydrogen) atoms. The Morgan fingerprint density at radius 1 is 0.467 bits per heavy atom. The zero-order valence-electron chi connectivity index (χ0n) is 23.8. The van der Waals surface area contributed by atoms with Crippen LogP contribution >= 0.6 is 0 Å². The Morgan fingerprint density at radius 2 is 1.04 bits per heavy atom. The van der Waals surface area contributed by atoms with Crippen LogP contribution in [0.5, 0.6) is 0 Å². The van der Waals surface area contributed by atoms with Gasteiger partial charge in [-0.1, -0.05) is 48.5 Å². The number of aromatic nitrogens is 6. The molecule has 0 atom stereocenters. The monoisotopic (exact) mass is 578 g/mol. The van der Waals surface area contributed by atoms with Crippen molar-refractivity contribution in [2.75, 3.05) is 0 Å². The number of benzene rings is 5. The highest BCUT2D eigenvalue weighted by Crippen LogP contribution is 2.39. The first-order valence-electron chi connectivity index (χ1n) is 14.8. The predicted molar refractivity (Wildman–Crippen MR) is 179 cm³/mol. The van der Waals surface area contributed by atoms with Crippen LogP contribution in [-0.2, 0) is 0 Å². The molecule has 10 rings (SSSR count). The van der Waals surface area contributed by atoms with Crippen molar-refractivity contribution < 1.29 is 4.42 Å². The maximum Gasteiger partial charge on any atom is 0.264 e. The Labute approximate surface area is 255 Å². The largest absolute Gasteiger partial charge is 0.434 e. The molecule has 0 N–H and O–H groups in total. The number of hydrogen-bond donors (Lipinski definition) is 0. The minimum Gasteiger partial charge on any atom is -0.434 e. The van der Waals surface area contributed by atoms with Crippen molar-refractivity contribution in [2.24, 2.45) is 0 Å². The fourth-order valence-electron chi connectivity index (χ4n) is 6.74. The molecule has 5 aromatic heterocycles. The number of pyridine rings is 2. The molecule has 0 aliphatic heterocycles. The summed E-state index contributed by atoms with van der Waals surface area (Å²) in [5, 5.41) is 4.35. The van der Waals surface area contributed by atoms with Crippen LogP contribution in [0.4, 0.5) is 0 Å². The van der Waals surface area contributed by atoms with E-state index >= 15 is 0 Å². The summed E-state index contributed by atoms with van der Waals surface area (Å²) in [4.78, 5) is 19.6. The van der Waals surface area contributed by atoms with E-state index in [2.05, 4.69) is 94.1 Å². The van der Waals surface area contributed by atoms with E-state index in [1.807, 2.05) is 42.6 Å². The molecular weight excluding hydrogens is 556 g/mol. The summed E-state index contributed by atoms with van der Waals surface area (Å²) in [5.41, 5.74) is 9.24. The minimum atomic E-state index is 0.452. The molecule has 0 aliphatic rings. The first-order chi connectivity index (χ1) is 22.3. The van der Waals surface area contributed by atoms with Crippen molar-refractivity contribution in [1.82, 2.24) is 29.1 Å². The van der Waals surface area contributed by atoms with Gasteiger partial charge in [0.05, 0.1) is 33.1 Å². The van der Waals surface area contributed by atoms with Crippen LogP contribution in [0.3, 0.4) is 0 Å². The summed E-state index contributed by atoms with van der Waals surface area (Å²) in [6, 6.07) is 41.5. The van der Waals surface area contributed by atoms with E-state index in [1.54, 1.807) is 6.20 Å². The fraction of sp³-hybridized carbons (Fsp3) is 0. The first-order valence-corrected chi connectivity index (χ1v) is 14.8. The van der Waals surface area contributed by atoms with Crippen LogP contribution in [0.25, 0.3) is 88.8 Å². The maximum atomic E-state index is 6.32. The zero-order chi connectivity index (χ0) is 29.5. The molecule has 10 aromatic rings. The Morgan fingerprint density at radius 3 is 1.76 bits per heavy atom. The number of hydrogen-bond acceptors (Lipinski definition) is 5. The smallest absolute Gasteiger partial charge is 0.264 e. The third-order valence-electron chi connectivity index (χ3n) is 8.66. The zero-order valence-corrected chi connectivity index (χ0v) is 23.8. The van der Waals surface area contributed by atoms with Crippen LogP contribution < -0.4 is 0 Å². The summed E-state index contributed by atoms with van der Waals surface area (Å²) in [5.74, 6) is 1.07. The topological polar surface area (TPSA) is 74.6 Å². The molecule has 0 spiro atoms. The van der Waals surface area contributed by atoms with Gasteiger partial charge in [-0.05, 0) is 72.8 Å². The summed E-state index contributed by atoms with van der Waals surface area (Å²) < 4.78 is 10.8. The van der Waals surface area contributed by atoms with Gasteiger partial charge in [0.2, 0.25) is 5.82 Å². The van der Waals surface area contributed by atoms with E-state index in [0.717, 1.165) is 49.7 Å². The molecule has 210 valence electrons. The molecule has 0 saturated heterocycles. The van der Waals surface area contributed by atoms with Gasteiger partial charge in [0.1, 0.15) is 5.52 Å². The number of imidazole rings is 1. The predicted octanol–water partition coefficient (Wildman–Crippen LogP) is 9.03. The van der Waals surface area contributed by atoms with E-state index in [4.69, 9.17) is 24.4 Å². The van der Waals surface area contributed by atoms with Crippen molar-refractivity contribution in [3.05, 3.63) is 134 Å². The standard InChI is InChI=1S/C38H22N6O/c1-4-14-30-25(9-1)26-10-2-5-15-31(26)43(30)23-17-19-24(20-18-23)44-36-28-12-8-22-40-34(28)33-27(11-7-21-39-33)35(36)42-37(44)38-41-29-13-3-6-16-32(29)45-38/h1-22H. The molecular formula is C38H22N6O. The summed E-state index contributed by atoms with van der Waals surface area (Å²) in [6.07, 6.45) is 3.61. The Bertz CT molecular complexity index is 2680. The second-order valence-corrected chi connectivity index (χ2v) is 11.1. The normalized spacial score (nSPS) is 12.0. The Balaban J connectivity index is 1.28. The quantitative estimate of drug-likeness (QED) is 0.196. The van der Waals surface area contributed by atoms with Crippen molar-refractivity contribution in [3.8, 4) is 23.1 Å². The van der Waals surface area contributed by atoms with Crippen LogP contribution in [0.2, 0.25) is 0 Å². The van der Waals surface area contributed by atoms with Crippen molar-refractivity contribution in [1.29, 1.82) is 0 Å². The van der Waals surface area contributed by atoms with Gasteiger partial charge in [0, 0.05) is 45.3 Å². The summed E-state index contributed by atoms with van der Waals surface area (Å²) in [7, 11) is 0. The molecule has 0 unspecified atom stereocenters. The summed E-state index contributed by atoms with van der Waals surface area (Å²) >= 11 is 0. The molecule has 7 heteroatoms. The molecule has 0 saturated carbocycles. The van der Waals surface area contributed by atoms with Gasteiger partial charge < -0.3 is 8.98 Å². The lowest BCUT2D eigenvalue weighted by Crippen LogP contribution is -2.00. The lowest BCUT2D eigenvalue weighted by Gasteiger charge is -2.13. The lowest BCUT2D eigenvalue weighted by atomic mass is 10.1. The van der Waals surface area contributed by atoms with Crippen molar-refractivity contribution >= 4 is 65.7 Å². The Hall–Kier alpha value is -6.34. The average Bonchev–Trinajstić information content (AvgIpc) is 3.81. The number of oxazole rings is 1. The highest BCUT2D eigenvalue weighted by Gasteiger charge is 2.24.